The fourth-order valence-electron chi connectivity index (χ4n) is 3.56. The second kappa shape index (κ2) is 7.38. The molecule has 0 amide bonds. The molecule has 0 rings (SSSR count). The molecule has 146 valence electrons. The monoisotopic (exact) mass is 434 g/mol. The highest BCUT2D eigenvalue weighted by atomic mass is 32.2. The summed E-state index contributed by atoms with van der Waals surface area (Å²) < 4.78 is 40.7. The van der Waals surface area contributed by atoms with Crippen molar-refractivity contribution >= 4 is 42.2 Å². The quantitative estimate of drug-likeness (QED) is 0.417. The zero-order chi connectivity index (χ0) is 19.8. The molecular weight excluding hydrogens is 399 g/mol. The molecule has 0 aliphatic rings. The van der Waals surface area contributed by atoms with Gasteiger partial charge in [-0.05, 0) is 18.1 Å². The Kier molecular flexibility index (Phi) is 7.60. The Morgan fingerprint density at radius 1 is 0.792 bits per heavy atom. The van der Waals surface area contributed by atoms with Gasteiger partial charge in [-0.2, -0.15) is 12.4 Å². The van der Waals surface area contributed by atoms with Crippen LogP contribution in [-0.2, 0) is 18.7 Å². The van der Waals surface area contributed by atoms with Crippen molar-refractivity contribution in [3.63, 3.8) is 0 Å². The van der Waals surface area contributed by atoms with E-state index in [9.17, 15) is 13.0 Å². The first-order valence-corrected chi connectivity index (χ1v) is 22.2. The molecule has 0 fully saturated rings. The number of hydrogen-bond acceptors (Lipinski definition) is 4. The molecule has 0 bridgehead atoms. The fraction of sp³-hybridized carbons (Fsp3) is 1.00. The van der Waals surface area contributed by atoms with Gasteiger partial charge in [0.1, 0.15) is 0 Å². The van der Waals surface area contributed by atoms with E-state index in [1.54, 1.807) is 0 Å². The van der Waals surface area contributed by atoms with E-state index in [0.717, 1.165) is 0 Å². The standard InChI is InChI=1S/C13H35O6PSSi3/c1-22(2,3)10-13(11-23(4,5)6,12-24(7,8)9)21(17,18)19-20(14,15)16/h10-12H2,1-9H3,(H2,14,15,16). The van der Waals surface area contributed by atoms with Gasteiger partial charge in [0.15, 0.2) is 0 Å². The van der Waals surface area contributed by atoms with Gasteiger partial charge in [0.2, 0.25) is 0 Å². The molecule has 0 radical (unpaired) electrons. The van der Waals surface area contributed by atoms with Crippen LogP contribution < -0.4 is 0 Å². The van der Waals surface area contributed by atoms with E-state index in [1.807, 2.05) is 0 Å². The summed E-state index contributed by atoms with van der Waals surface area (Å²) in [6, 6.07) is 1.37. The van der Waals surface area contributed by atoms with Crippen molar-refractivity contribution in [1.82, 2.24) is 0 Å². The van der Waals surface area contributed by atoms with Crippen LogP contribution in [0.3, 0.4) is 0 Å². The van der Waals surface area contributed by atoms with Crippen LogP contribution in [0, 0.1) is 0 Å². The molecule has 6 nitrogen and oxygen atoms in total. The molecule has 11 heteroatoms. The van der Waals surface area contributed by atoms with Crippen LogP contribution in [0.1, 0.15) is 0 Å². The highest BCUT2D eigenvalue weighted by Crippen LogP contribution is 2.49. The number of phosphoric acid groups is 1. The normalized spacial score (nSPS) is 15.6. The average molecular weight is 435 g/mol. The van der Waals surface area contributed by atoms with Crippen molar-refractivity contribution in [3.05, 3.63) is 0 Å². The molecule has 2 N–H and O–H groups in total. The molecule has 0 spiro atoms. The summed E-state index contributed by atoms with van der Waals surface area (Å²) in [6.07, 6.45) is 0. The summed E-state index contributed by atoms with van der Waals surface area (Å²) in [5, 5.41) is 0. The van der Waals surface area contributed by atoms with E-state index >= 15 is 0 Å². The van der Waals surface area contributed by atoms with Gasteiger partial charge in [0.05, 0.1) is 4.75 Å². The van der Waals surface area contributed by atoms with E-state index < -0.39 is 46.9 Å². The SMILES string of the molecule is C[Si](C)(C)CC(C[Si](C)(C)C)(C[Si](C)(C)C)S(=O)(=O)OP(=O)(O)O. The molecule has 24 heavy (non-hydrogen) atoms. The van der Waals surface area contributed by atoms with Crippen LogP contribution in [0.4, 0.5) is 0 Å². The van der Waals surface area contributed by atoms with Gasteiger partial charge in [-0.25, -0.2) is 4.57 Å². The van der Waals surface area contributed by atoms with Gasteiger partial charge in [-0.1, -0.05) is 58.9 Å². The summed E-state index contributed by atoms with van der Waals surface area (Å²) in [7, 11) is -15.1. The summed E-state index contributed by atoms with van der Waals surface area (Å²) >= 11 is 0. The Hall–Kier alpha value is 0.711. The summed E-state index contributed by atoms with van der Waals surface area (Å²) in [4.78, 5) is 18.3. The van der Waals surface area contributed by atoms with Crippen LogP contribution in [0.25, 0.3) is 0 Å². The van der Waals surface area contributed by atoms with Crippen molar-refractivity contribution < 1.29 is 26.7 Å². The summed E-state index contributed by atoms with van der Waals surface area (Å²) in [5.41, 5.74) is 0. The summed E-state index contributed by atoms with van der Waals surface area (Å²) in [5.74, 6) is 0. The van der Waals surface area contributed by atoms with Crippen molar-refractivity contribution in [3.8, 4) is 0 Å². The minimum absolute atomic E-state index is 0.455. The minimum Gasteiger partial charge on any atom is -0.302 e. The van der Waals surface area contributed by atoms with Gasteiger partial charge < -0.3 is 9.79 Å². The molecule has 0 heterocycles. The maximum Gasteiger partial charge on any atom is 0.484 e. The zero-order valence-corrected chi connectivity index (χ0v) is 21.2. The van der Waals surface area contributed by atoms with Crippen LogP contribution in [0.5, 0.6) is 0 Å². The van der Waals surface area contributed by atoms with Crippen molar-refractivity contribution in [2.75, 3.05) is 0 Å². The fourth-order valence-corrected chi connectivity index (χ4v) is 18.5. The lowest BCUT2D eigenvalue weighted by Crippen LogP contribution is -2.52. The second-order valence-electron chi connectivity index (χ2n) is 10.4. The maximum atomic E-state index is 13.1. The van der Waals surface area contributed by atoms with Gasteiger partial charge >= 0.3 is 7.82 Å². The van der Waals surface area contributed by atoms with E-state index in [2.05, 4.69) is 62.9 Å². The third-order valence-corrected chi connectivity index (χ3v) is 12.3. The Morgan fingerprint density at radius 2 is 1.04 bits per heavy atom. The molecule has 0 aromatic heterocycles. The molecule has 0 aliphatic heterocycles. The highest BCUT2D eigenvalue weighted by molar-refractivity contribution is 7.92. The lowest BCUT2D eigenvalue weighted by Gasteiger charge is -2.43. The Labute approximate surface area is 150 Å². The number of rotatable bonds is 9. The first kappa shape index (κ1) is 24.7. The first-order valence-electron chi connectivity index (χ1n) is 8.09. The van der Waals surface area contributed by atoms with Crippen molar-refractivity contribution in [2.45, 2.75) is 81.8 Å². The largest absolute Gasteiger partial charge is 0.484 e. The molecule has 0 aromatic carbocycles. The third kappa shape index (κ3) is 9.42. The highest BCUT2D eigenvalue weighted by Gasteiger charge is 2.53. The lowest BCUT2D eigenvalue weighted by atomic mass is 10.2. The molecule has 0 saturated heterocycles. The molecule has 0 aromatic rings. The Bertz CT molecular complexity index is 540. The zero-order valence-electron chi connectivity index (χ0n) is 16.5. The van der Waals surface area contributed by atoms with Gasteiger partial charge in [-0.15, -0.1) is 0 Å². The predicted molar refractivity (Wildman–Crippen MR) is 109 cm³/mol. The lowest BCUT2D eigenvalue weighted by molar-refractivity contribution is 0.280. The second-order valence-corrected chi connectivity index (χ2v) is 30.2. The average Bonchev–Trinajstić information content (AvgIpc) is 2.01. The van der Waals surface area contributed by atoms with Gasteiger partial charge in [0.25, 0.3) is 10.1 Å². The van der Waals surface area contributed by atoms with Crippen LogP contribution in [0.15, 0.2) is 0 Å². The smallest absolute Gasteiger partial charge is 0.302 e. The third-order valence-electron chi connectivity index (χ3n) is 3.28. The van der Waals surface area contributed by atoms with Crippen LogP contribution in [0.2, 0.25) is 77.1 Å². The van der Waals surface area contributed by atoms with Crippen molar-refractivity contribution in [1.29, 1.82) is 0 Å². The van der Waals surface area contributed by atoms with Crippen LogP contribution in [-0.4, -0.2) is 47.2 Å². The van der Waals surface area contributed by atoms with Crippen molar-refractivity contribution in [2.24, 2.45) is 0 Å². The Morgan fingerprint density at radius 3 is 1.21 bits per heavy atom. The topological polar surface area (TPSA) is 101 Å². The summed E-state index contributed by atoms with van der Waals surface area (Å²) in [6.45, 7) is 18.8. The van der Waals surface area contributed by atoms with E-state index in [1.165, 1.54) is 0 Å². The van der Waals surface area contributed by atoms with Gasteiger partial charge in [-0.3, -0.25) is 0 Å². The predicted octanol–water partition coefficient (Wildman–Crippen LogP) is 4.18. The molecule has 0 saturated carbocycles. The van der Waals surface area contributed by atoms with E-state index in [-0.39, 0.29) is 0 Å². The molecule has 0 unspecified atom stereocenters. The van der Waals surface area contributed by atoms with Gasteiger partial charge in [0, 0.05) is 24.2 Å². The van der Waals surface area contributed by atoms with E-state index in [0.29, 0.717) is 18.1 Å². The minimum atomic E-state index is -5.12. The Balaban J connectivity index is 6.41. The van der Waals surface area contributed by atoms with E-state index in [4.69, 9.17) is 9.79 Å². The molecule has 0 atom stereocenters. The van der Waals surface area contributed by atoms with Crippen LogP contribution >= 0.6 is 7.82 Å². The molecule has 0 aliphatic carbocycles. The maximum absolute atomic E-state index is 13.1. The first-order chi connectivity index (χ1) is 10.1. The number of hydrogen-bond donors (Lipinski definition) is 2. The molecular formula is C13H35O6PSSi3.